The van der Waals surface area contributed by atoms with Crippen LogP contribution < -0.4 is 0 Å². The molecule has 1 N–H and O–H groups in total. The summed E-state index contributed by atoms with van der Waals surface area (Å²) < 4.78 is 35.8. The van der Waals surface area contributed by atoms with Gasteiger partial charge in [-0.05, 0) is 13.5 Å². The van der Waals surface area contributed by atoms with Crippen molar-refractivity contribution in [1.82, 2.24) is 4.90 Å². The van der Waals surface area contributed by atoms with Gasteiger partial charge in [-0.25, -0.2) is 0 Å². The topological polar surface area (TPSA) is 40.5 Å². The van der Waals surface area contributed by atoms with Gasteiger partial charge in [0.1, 0.15) is 0 Å². The van der Waals surface area contributed by atoms with E-state index >= 15 is 0 Å². The zero-order valence-corrected chi connectivity index (χ0v) is 8.84. The lowest BCUT2D eigenvalue weighted by Crippen LogP contribution is -2.37. The van der Waals surface area contributed by atoms with E-state index in [1.807, 2.05) is 0 Å². The van der Waals surface area contributed by atoms with E-state index in [2.05, 4.69) is 0 Å². The van der Waals surface area contributed by atoms with E-state index in [9.17, 15) is 18.0 Å². The Kier molecular flexibility index (Phi) is 5.64. The van der Waals surface area contributed by atoms with E-state index in [4.69, 9.17) is 5.11 Å². The molecule has 0 rings (SSSR count). The molecule has 0 aromatic rings. The van der Waals surface area contributed by atoms with Crippen molar-refractivity contribution in [3.63, 3.8) is 0 Å². The minimum absolute atomic E-state index is 0.133. The fourth-order valence-corrected chi connectivity index (χ4v) is 1.34. The van der Waals surface area contributed by atoms with Crippen LogP contribution in [-0.2, 0) is 4.79 Å². The maximum atomic E-state index is 11.9. The van der Waals surface area contributed by atoms with Gasteiger partial charge in [-0.3, -0.25) is 4.79 Å². The van der Waals surface area contributed by atoms with Crippen LogP contribution in [0.2, 0.25) is 0 Å². The number of carboxylic acid groups (broad SMARTS) is 1. The van der Waals surface area contributed by atoms with Crippen LogP contribution in [0.25, 0.3) is 0 Å². The third-order valence-corrected chi connectivity index (χ3v) is 2.18. The Labute approximate surface area is 86.9 Å². The standard InChI is InChI=1S/C9H16F3NO2/c1-3-13(5-4-9(10,11)12)7(2)6-8(14)15/h7H,3-6H2,1-2H3,(H,14,15). The number of halogens is 3. The average Bonchev–Trinajstić information content (AvgIpc) is 2.01. The molecule has 6 heteroatoms. The molecule has 0 aromatic carbocycles. The predicted molar refractivity (Wildman–Crippen MR) is 49.6 cm³/mol. The van der Waals surface area contributed by atoms with Crippen molar-refractivity contribution >= 4 is 5.97 Å². The molecule has 0 aliphatic rings. The third-order valence-electron chi connectivity index (χ3n) is 2.18. The van der Waals surface area contributed by atoms with E-state index in [0.717, 1.165) is 0 Å². The zero-order chi connectivity index (χ0) is 12.1. The predicted octanol–water partition coefficient (Wildman–Crippen LogP) is 2.12. The van der Waals surface area contributed by atoms with Gasteiger partial charge >= 0.3 is 12.1 Å². The van der Waals surface area contributed by atoms with Gasteiger partial charge in [0.05, 0.1) is 12.8 Å². The summed E-state index contributed by atoms with van der Waals surface area (Å²) in [5.74, 6) is -0.993. The monoisotopic (exact) mass is 227 g/mol. The average molecular weight is 227 g/mol. The summed E-state index contributed by atoms with van der Waals surface area (Å²) in [5.41, 5.74) is 0. The van der Waals surface area contributed by atoms with Crippen LogP contribution in [0.4, 0.5) is 13.2 Å². The molecule has 0 bridgehead atoms. The van der Waals surface area contributed by atoms with Gasteiger partial charge in [-0.2, -0.15) is 13.2 Å². The van der Waals surface area contributed by atoms with Gasteiger partial charge in [0, 0.05) is 12.6 Å². The first-order chi connectivity index (χ1) is 6.76. The molecule has 0 saturated heterocycles. The molecule has 0 amide bonds. The SMILES string of the molecule is CCN(CCC(F)(F)F)C(C)CC(=O)O. The van der Waals surface area contributed by atoms with Crippen LogP contribution in [0, 0.1) is 0 Å². The molecule has 0 aromatic heterocycles. The molecule has 90 valence electrons. The maximum absolute atomic E-state index is 11.9. The van der Waals surface area contributed by atoms with Gasteiger partial charge < -0.3 is 10.0 Å². The van der Waals surface area contributed by atoms with Gasteiger partial charge in [0.15, 0.2) is 0 Å². The van der Waals surface area contributed by atoms with Crippen molar-refractivity contribution in [2.45, 2.75) is 38.9 Å². The second-order valence-electron chi connectivity index (χ2n) is 3.44. The first-order valence-corrected chi connectivity index (χ1v) is 4.79. The summed E-state index contributed by atoms with van der Waals surface area (Å²) in [6.07, 6.45) is -5.22. The first-order valence-electron chi connectivity index (χ1n) is 4.79. The molecule has 1 unspecified atom stereocenters. The number of aliphatic carboxylic acids is 1. The van der Waals surface area contributed by atoms with Gasteiger partial charge in [-0.1, -0.05) is 6.92 Å². The highest BCUT2D eigenvalue weighted by atomic mass is 19.4. The van der Waals surface area contributed by atoms with E-state index in [-0.39, 0.29) is 19.0 Å². The summed E-state index contributed by atoms with van der Waals surface area (Å²) in [5, 5.41) is 8.51. The Morgan fingerprint density at radius 2 is 2.00 bits per heavy atom. The Morgan fingerprint density at radius 1 is 1.47 bits per heavy atom. The molecule has 1 atom stereocenters. The highest BCUT2D eigenvalue weighted by Crippen LogP contribution is 2.20. The molecule has 0 aliphatic heterocycles. The fourth-order valence-electron chi connectivity index (χ4n) is 1.34. The van der Waals surface area contributed by atoms with Crippen molar-refractivity contribution in [3.05, 3.63) is 0 Å². The van der Waals surface area contributed by atoms with E-state index < -0.39 is 18.6 Å². The Bertz CT molecular complexity index is 206. The number of alkyl halides is 3. The molecule has 0 fully saturated rings. The summed E-state index contributed by atoms with van der Waals surface area (Å²) in [6, 6.07) is -0.366. The lowest BCUT2D eigenvalue weighted by Gasteiger charge is -2.26. The van der Waals surface area contributed by atoms with Crippen LogP contribution in [0.15, 0.2) is 0 Å². The van der Waals surface area contributed by atoms with Gasteiger partial charge in [-0.15, -0.1) is 0 Å². The largest absolute Gasteiger partial charge is 0.481 e. The van der Waals surface area contributed by atoms with Gasteiger partial charge in [0.2, 0.25) is 0 Å². The number of rotatable bonds is 6. The van der Waals surface area contributed by atoms with Crippen molar-refractivity contribution in [2.75, 3.05) is 13.1 Å². The minimum Gasteiger partial charge on any atom is -0.481 e. The molecule has 0 spiro atoms. The summed E-state index contributed by atoms with van der Waals surface area (Å²) in [6.45, 7) is 3.61. The summed E-state index contributed by atoms with van der Waals surface area (Å²) in [4.78, 5) is 11.9. The Balaban J connectivity index is 4.07. The number of nitrogens with zero attached hydrogens (tertiary/aromatic N) is 1. The number of hydrogen-bond acceptors (Lipinski definition) is 2. The molecule has 0 aliphatic carbocycles. The number of hydrogen-bond donors (Lipinski definition) is 1. The van der Waals surface area contributed by atoms with Crippen molar-refractivity contribution in [2.24, 2.45) is 0 Å². The van der Waals surface area contributed by atoms with E-state index in [1.165, 1.54) is 4.90 Å². The van der Waals surface area contributed by atoms with Crippen LogP contribution >= 0.6 is 0 Å². The normalized spacial score (nSPS) is 14.3. The second-order valence-corrected chi connectivity index (χ2v) is 3.44. The molecule has 0 saturated carbocycles. The first kappa shape index (κ1) is 14.2. The van der Waals surface area contributed by atoms with Gasteiger partial charge in [0.25, 0.3) is 0 Å². The molecule has 3 nitrogen and oxygen atoms in total. The molecular formula is C9H16F3NO2. The lowest BCUT2D eigenvalue weighted by atomic mass is 10.2. The highest BCUT2D eigenvalue weighted by molar-refractivity contribution is 5.67. The maximum Gasteiger partial charge on any atom is 0.390 e. The van der Waals surface area contributed by atoms with Crippen LogP contribution in [-0.4, -0.2) is 41.3 Å². The van der Waals surface area contributed by atoms with Crippen molar-refractivity contribution in [1.29, 1.82) is 0 Å². The van der Waals surface area contributed by atoms with Crippen molar-refractivity contribution in [3.8, 4) is 0 Å². The van der Waals surface area contributed by atoms with Crippen molar-refractivity contribution < 1.29 is 23.1 Å². The summed E-state index contributed by atoms with van der Waals surface area (Å²) in [7, 11) is 0. The van der Waals surface area contributed by atoms with Crippen LogP contribution in [0.5, 0.6) is 0 Å². The fraction of sp³-hybridized carbons (Fsp3) is 0.889. The Morgan fingerprint density at radius 3 is 2.33 bits per heavy atom. The van der Waals surface area contributed by atoms with E-state index in [1.54, 1.807) is 13.8 Å². The molecule has 0 heterocycles. The number of carbonyl (C=O) groups is 1. The highest BCUT2D eigenvalue weighted by Gasteiger charge is 2.28. The van der Waals surface area contributed by atoms with E-state index in [0.29, 0.717) is 6.54 Å². The minimum atomic E-state index is -4.18. The molecular weight excluding hydrogens is 211 g/mol. The molecule has 0 radical (unpaired) electrons. The zero-order valence-electron chi connectivity index (χ0n) is 8.84. The smallest absolute Gasteiger partial charge is 0.390 e. The second kappa shape index (κ2) is 5.95. The third kappa shape index (κ3) is 7.18. The van der Waals surface area contributed by atoms with Crippen LogP contribution in [0.1, 0.15) is 26.7 Å². The Hall–Kier alpha value is -0.780. The molecule has 15 heavy (non-hydrogen) atoms. The summed E-state index contributed by atoms with van der Waals surface area (Å²) >= 11 is 0. The quantitative estimate of drug-likeness (QED) is 0.755. The van der Waals surface area contributed by atoms with Crippen LogP contribution in [0.3, 0.4) is 0 Å². The number of carboxylic acids is 1. The lowest BCUT2D eigenvalue weighted by molar-refractivity contribution is -0.141.